The first-order valence-corrected chi connectivity index (χ1v) is 9.05. The van der Waals surface area contributed by atoms with Gasteiger partial charge < -0.3 is 9.15 Å². The number of fused-ring (bicyclic) bond motifs is 1. The molecule has 3 aromatic carbocycles. The first kappa shape index (κ1) is 18.4. The lowest BCUT2D eigenvalue weighted by Gasteiger charge is -2.17. The molecule has 0 spiro atoms. The molecule has 4 aromatic rings. The van der Waals surface area contributed by atoms with E-state index in [1.807, 2.05) is 6.07 Å². The van der Waals surface area contributed by atoms with E-state index in [0.29, 0.717) is 22.2 Å². The van der Waals surface area contributed by atoms with Crippen molar-refractivity contribution in [1.82, 2.24) is 4.57 Å². The maximum atomic E-state index is 13.0. The third-order valence-electron chi connectivity index (χ3n) is 4.51. The topological polar surface area (TPSA) is 78.5 Å². The molecule has 0 saturated heterocycles. The number of Topliss-reactive ketones (excluding diaryl/α,β-unsaturated/α-hetero) is 1. The lowest BCUT2D eigenvalue weighted by molar-refractivity contribution is -0.148. The quantitative estimate of drug-likeness (QED) is 0.372. The van der Waals surface area contributed by atoms with Gasteiger partial charge in [0.25, 0.3) is 0 Å². The standard InChI is InChI=1S/C23H17NO5/c25-20(15-24-18-13-7-8-14-19(18)28-23(24)27)29-22(17-11-5-2-6-12-17)21(26)16-9-3-1-4-10-16/h1-14,22H,15H2. The number of nitrogens with zero attached hydrogens (tertiary/aromatic N) is 1. The highest BCUT2D eigenvalue weighted by molar-refractivity contribution is 6.01. The number of esters is 1. The Bertz CT molecular complexity index is 1210. The van der Waals surface area contributed by atoms with Gasteiger partial charge in [-0.15, -0.1) is 0 Å². The van der Waals surface area contributed by atoms with E-state index in [4.69, 9.17) is 9.15 Å². The van der Waals surface area contributed by atoms with Crippen molar-refractivity contribution in [3.63, 3.8) is 0 Å². The number of oxazole rings is 1. The molecular weight excluding hydrogens is 370 g/mol. The number of hydrogen-bond donors (Lipinski definition) is 0. The summed E-state index contributed by atoms with van der Waals surface area (Å²) in [5.74, 6) is -1.71. The van der Waals surface area contributed by atoms with Gasteiger partial charge in [0.15, 0.2) is 11.7 Å². The van der Waals surface area contributed by atoms with Crippen LogP contribution in [-0.2, 0) is 16.1 Å². The van der Waals surface area contributed by atoms with E-state index < -0.39 is 17.8 Å². The summed E-state index contributed by atoms with van der Waals surface area (Å²) in [6.07, 6.45) is -1.11. The number of carbonyl (C=O) groups is 2. The number of carbonyl (C=O) groups excluding carboxylic acids is 2. The van der Waals surface area contributed by atoms with Gasteiger partial charge in [0.05, 0.1) is 5.52 Å². The molecule has 144 valence electrons. The lowest BCUT2D eigenvalue weighted by atomic mass is 10.00. The number of para-hydroxylation sites is 2. The summed E-state index contributed by atoms with van der Waals surface area (Å²) in [5, 5.41) is 0. The zero-order valence-corrected chi connectivity index (χ0v) is 15.4. The lowest BCUT2D eigenvalue weighted by Crippen LogP contribution is -2.26. The van der Waals surface area contributed by atoms with Crippen LogP contribution in [0.5, 0.6) is 0 Å². The van der Waals surface area contributed by atoms with Crippen LogP contribution < -0.4 is 5.76 Å². The summed E-state index contributed by atoms with van der Waals surface area (Å²) in [6, 6.07) is 24.2. The van der Waals surface area contributed by atoms with Gasteiger partial charge >= 0.3 is 11.7 Å². The second-order valence-corrected chi connectivity index (χ2v) is 6.43. The highest BCUT2D eigenvalue weighted by Crippen LogP contribution is 2.23. The van der Waals surface area contributed by atoms with Crippen LogP contribution in [0.2, 0.25) is 0 Å². The van der Waals surface area contributed by atoms with Crippen molar-refractivity contribution in [2.45, 2.75) is 12.6 Å². The van der Waals surface area contributed by atoms with Gasteiger partial charge in [0.1, 0.15) is 6.54 Å². The maximum absolute atomic E-state index is 13.0. The van der Waals surface area contributed by atoms with Crippen LogP contribution in [0.1, 0.15) is 22.0 Å². The molecule has 1 unspecified atom stereocenters. The zero-order chi connectivity index (χ0) is 20.2. The van der Waals surface area contributed by atoms with Crippen LogP contribution in [0.3, 0.4) is 0 Å². The molecule has 0 amide bonds. The molecule has 0 N–H and O–H groups in total. The van der Waals surface area contributed by atoms with Gasteiger partial charge in [-0.2, -0.15) is 0 Å². The van der Waals surface area contributed by atoms with Crippen molar-refractivity contribution >= 4 is 22.9 Å². The number of ether oxygens (including phenoxy) is 1. The zero-order valence-electron chi connectivity index (χ0n) is 15.4. The Hall–Kier alpha value is -3.93. The van der Waals surface area contributed by atoms with Crippen LogP contribution in [0.4, 0.5) is 0 Å². The minimum Gasteiger partial charge on any atom is -0.448 e. The second-order valence-electron chi connectivity index (χ2n) is 6.43. The van der Waals surface area contributed by atoms with Gasteiger partial charge in [-0.05, 0) is 12.1 Å². The molecule has 1 heterocycles. The molecule has 0 aliphatic carbocycles. The van der Waals surface area contributed by atoms with Crippen molar-refractivity contribution in [3.05, 3.63) is 107 Å². The van der Waals surface area contributed by atoms with Crippen LogP contribution in [0, 0.1) is 0 Å². The highest BCUT2D eigenvalue weighted by atomic mass is 16.5. The summed E-state index contributed by atoms with van der Waals surface area (Å²) in [6.45, 7) is -0.360. The second kappa shape index (κ2) is 7.98. The Balaban J connectivity index is 1.62. The normalized spacial score (nSPS) is 11.9. The molecule has 1 aromatic heterocycles. The minimum atomic E-state index is -1.11. The highest BCUT2D eigenvalue weighted by Gasteiger charge is 2.26. The van der Waals surface area contributed by atoms with Crippen LogP contribution in [-0.4, -0.2) is 16.3 Å². The van der Waals surface area contributed by atoms with Crippen LogP contribution in [0.25, 0.3) is 11.1 Å². The first-order valence-electron chi connectivity index (χ1n) is 9.05. The van der Waals surface area contributed by atoms with Gasteiger partial charge in [-0.1, -0.05) is 72.8 Å². The molecule has 0 aliphatic heterocycles. The molecule has 0 fully saturated rings. The molecule has 0 aliphatic rings. The summed E-state index contributed by atoms with van der Waals surface area (Å²) >= 11 is 0. The number of rotatable bonds is 6. The Morgan fingerprint density at radius 1 is 0.862 bits per heavy atom. The Kier molecular flexibility index (Phi) is 5.07. The largest absolute Gasteiger partial charge is 0.448 e. The van der Waals surface area contributed by atoms with E-state index in [2.05, 4.69) is 0 Å². The first-order chi connectivity index (χ1) is 14.1. The number of hydrogen-bond acceptors (Lipinski definition) is 5. The van der Waals surface area contributed by atoms with Crippen molar-refractivity contribution in [1.29, 1.82) is 0 Å². The average molecular weight is 387 g/mol. The van der Waals surface area contributed by atoms with Crippen molar-refractivity contribution in [3.8, 4) is 0 Å². The molecule has 29 heavy (non-hydrogen) atoms. The SMILES string of the molecule is O=C(Cn1c(=O)oc2ccccc21)OC(C(=O)c1ccccc1)c1ccccc1. The molecule has 0 saturated carbocycles. The van der Waals surface area contributed by atoms with E-state index in [1.54, 1.807) is 78.9 Å². The van der Waals surface area contributed by atoms with Crippen molar-refractivity contribution < 1.29 is 18.7 Å². The van der Waals surface area contributed by atoms with Crippen molar-refractivity contribution in [2.75, 3.05) is 0 Å². The monoisotopic (exact) mass is 387 g/mol. The summed E-state index contributed by atoms with van der Waals surface area (Å²) in [4.78, 5) is 37.8. The molecule has 6 nitrogen and oxygen atoms in total. The number of benzene rings is 3. The van der Waals surface area contributed by atoms with E-state index in [-0.39, 0.29) is 12.3 Å². The predicted octanol–water partition coefficient (Wildman–Crippen LogP) is 3.76. The van der Waals surface area contributed by atoms with Gasteiger partial charge in [-0.3, -0.25) is 14.2 Å². The van der Waals surface area contributed by atoms with E-state index in [1.165, 1.54) is 4.57 Å². The van der Waals surface area contributed by atoms with E-state index in [9.17, 15) is 14.4 Å². The Morgan fingerprint density at radius 2 is 1.48 bits per heavy atom. The molecule has 0 bridgehead atoms. The smallest absolute Gasteiger partial charge is 0.420 e. The average Bonchev–Trinajstić information content (AvgIpc) is 3.08. The van der Waals surface area contributed by atoms with Gasteiger partial charge in [0.2, 0.25) is 5.78 Å². The molecular formula is C23H17NO5. The third kappa shape index (κ3) is 3.87. The maximum Gasteiger partial charge on any atom is 0.420 e. The predicted molar refractivity (Wildman–Crippen MR) is 107 cm³/mol. The fraction of sp³-hybridized carbons (Fsp3) is 0.0870. The van der Waals surface area contributed by atoms with Crippen LogP contribution >= 0.6 is 0 Å². The minimum absolute atomic E-state index is 0.338. The third-order valence-corrected chi connectivity index (χ3v) is 4.51. The summed E-state index contributed by atoms with van der Waals surface area (Å²) < 4.78 is 11.9. The van der Waals surface area contributed by atoms with Gasteiger partial charge in [-0.25, -0.2) is 4.79 Å². The molecule has 0 radical (unpaired) electrons. The fourth-order valence-electron chi connectivity index (χ4n) is 3.12. The van der Waals surface area contributed by atoms with E-state index >= 15 is 0 Å². The molecule has 1 atom stereocenters. The fourth-order valence-corrected chi connectivity index (χ4v) is 3.12. The Labute approximate surface area is 166 Å². The summed E-state index contributed by atoms with van der Waals surface area (Å²) in [7, 11) is 0. The van der Waals surface area contributed by atoms with Crippen LogP contribution in [0.15, 0.2) is 94.1 Å². The molecule has 6 heteroatoms. The Morgan fingerprint density at radius 3 is 2.21 bits per heavy atom. The summed E-state index contributed by atoms with van der Waals surface area (Å²) in [5.41, 5.74) is 1.85. The molecule has 4 rings (SSSR count). The number of ketones is 1. The van der Waals surface area contributed by atoms with Crippen molar-refractivity contribution in [2.24, 2.45) is 0 Å². The van der Waals surface area contributed by atoms with E-state index in [0.717, 1.165) is 0 Å². The number of aromatic nitrogens is 1. The van der Waals surface area contributed by atoms with Gasteiger partial charge in [0, 0.05) is 11.1 Å².